The second kappa shape index (κ2) is 5.48. The predicted octanol–water partition coefficient (Wildman–Crippen LogP) is 0.914. The maximum absolute atomic E-state index is 12.1. The monoisotopic (exact) mass is 274 g/mol. The van der Waals surface area contributed by atoms with Gasteiger partial charge in [0.15, 0.2) is 0 Å². The van der Waals surface area contributed by atoms with Gasteiger partial charge in [0.25, 0.3) is 0 Å². The van der Waals surface area contributed by atoms with Crippen LogP contribution in [0, 0.1) is 0 Å². The molecule has 1 aliphatic rings. The number of rotatable bonds is 5. The smallest absolute Gasteiger partial charge is 0.214 e. The Balaban J connectivity index is 1.93. The minimum Gasteiger partial charge on any atom is -0.315 e. The van der Waals surface area contributed by atoms with Gasteiger partial charge in [-0.1, -0.05) is 6.07 Å². The Kier molecular flexibility index (Phi) is 4.19. The highest BCUT2D eigenvalue weighted by molar-refractivity contribution is 7.89. The lowest BCUT2D eigenvalue weighted by Gasteiger charge is -2.22. The summed E-state index contributed by atoms with van der Waals surface area (Å²) in [6.07, 6.45) is 1.53. The van der Waals surface area contributed by atoms with Crippen molar-refractivity contribution in [1.29, 1.82) is 0 Å². The highest BCUT2D eigenvalue weighted by atomic mass is 32.2. The van der Waals surface area contributed by atoms with E-state index in [-0.39, 0.29) is 11.8 Å². The van der Waals surface area contributed by atoms with Crippen LogP contribution in [0.2, 0.25) is 0 Å². The van der Waals surface area contributed by atoms with E-state index in [4.69, 9.17) is 0 Å². The van der Waals surface area contributed by atoms with E-state index in [1.54, 1.807) is 22.7 Å². The SMILES string of the molecule is CN(C1CCNC1)S(=O)(=O)CCc1cccs1. The molecule has 1 aromatic heterocycles. The zero-order valence-electron chi connectivity index (χ0n) is 9.93. The number of hydrogen-bond donors (Lipinski definition) is 1. The van der Waals surface area contributed by atoms with Gasteiger partial charge in [-0.3, -0.25) is 0 Å². The van der Waals surface area contributed by atoms with Crippen molar-refractivity contribution in [3.63, 3.8) is 0 Å². The van der Waals surface area contributed by atoms with E-state index in [0.29, 0.717) is 6.42 Å². The Morgan fingerprint density at radius 1 is 1.59 bits per heavy atom. The number of thiophene rings is 1. The van der Waals surface area contributed by atoms with Crippen LogP contribution in [0.25, 0.3) is 0 Å². The molecule has 17 heavy (non-hydrogen) atoms. The normalized spacial score (nSPS) is 21.2. The standard InChI is InChI=1S/C11H18N2O2S2/c1-13(10-4-6-12-9-10)17(14,15)8-5-11-3-2-7-16-11/h2-3,7,10,12H,4-6,8-9H2,1H3. The quantitative estimate of drug-likeness (QED) is 0.868. The van der Waals surface area contributed by atoms with Gasteiger partial charge in [0.2, 0.25) is 10.0 Å². The Hall–Kier alpha value is -0.430. The molecule has 1 aromatic rings. The predicted molar refractivity (Wildman–Crippen MR) is 70.8 cm³/mol. The zero-order valence-corrected chi connectivity index (χ0v) is 11.6. The van der Waals surface area contributed by atoms with Gasteiger partial charge in [-0.2, -0.15) is 0 Å². The lowest BCUT2D eigenvalue weighted by molar-refractivity contribution is 0.388. The van der Waals surface area contributed by atoms with E-state index >= 15 is 0 Å². The molecule has 6 heteroatoms. The van der Waals surface area contributed by atoms with Gasteiger partial charge in [-0.05, 0) is 30.8 Å². The van der Waals surface area contributed by atoms with Crippen LogP contribution >= 0.6 is 11.3 Å². The molecule has 1 fully saturated rings. The van der Waals surface area contributed by atoms with Crippen LogP contribution in [0.1, 0.15) is 11.3 Å². The van der Waals surface area contributed by atoms with Crippen LogP contribution in [0.5, 0.6) is 0 Å². The molecule has 0 aromatic carbocycles. The summed E-state index contributed by atoms with van der Waals surface area (Å²) in [7, 11) is -1.42. The van der Waals surface area contributed by atoms with Crippen molar-refractivity contribution in [1.82, 2.24) is 9.62 Å². The summed E-state index contributed by atoms with van der Waals surface area (Å²) in [5.74, 6) is 0.209. The second-order valence-corrected chi connectivity index (χ2v) is 7.49. The Morgan fingerprint density at radius 2 is 2.41 bits per heavy atom. The van der Waals surface area contributed by atoms with Crippen LogP contribution in [0.4, 0.5) is 0 Å². The molecule has 1 saturated heterocycles. The van der Waals surface area contributed by atoms with E-state index < -0.39 is 10.0 Å². The molecule has 1 aliphatic heterocycles. The molecule has 0 amide bonds. The minimum absolute atomic E-state index is 0.128. The number of nitrogens with zero attached hydrogens (tertiary/aromatic N) is 1. The van der Waals surface area contributed by atoms with Gasteiger partial charge in [-0.25, -0.2) is 12.7 Å². The Bertz CT molecular complexity index is 436. The number of hydrogen-bond acceptors (Lipinski definition) is 4. The highest BCUT2D eigenvalue weighted by Crippen LogP contribution is 2.15. The lowest BCUT2D eigenvalue weighted by Crippen LogP contribution is -2.39. The number of sulfonamides is 1. The summed E-state index contributed by atoms with van der Waals surface area (Å²) in [5.41, 5.74) is 0. The van der Waals surface area contributed by atoms with Gasteiger partial charge in [0, 0.05) is 24.5 Å². The fraction of sp³-hybridized carbons (Fsp3) is 0.636. The summed E-state index contributed by atoms with van der Waals surface area (Å²) < 4.78 is 25.8. The molecular weight excluding hydrogens is 256 g/mol. The summed E-state index contributed by atoms with van der Waals surface area (Å²) in [6.45, 7) is 1.68. The third-order valence-corrected chi connectivity index (χ3v) is 6.01. The molecular formula is C11H18N2O2S2. The van der Waals surface area contributed by atoms with Gasteiger partial charge in [-0.15, -0.1) is 11.3 Å². The van der Waals surface area contributed by atoms with E-state index in [2.05, 4.69) is 5.32 Å². The molecule has 0 spiro atoms. The fourth-order valence-corrected chi connectivity index (χ4v) is 4.24. The molecule has 0 radical (unpaired) electrons. The molecule has 0 bridgehead atoms. The molecule has 96 valence electrons. The molecule has 1 atom stereocenters. The minimum atomic E-state index is -3.12. The van der Waals surface area contributed by atoms with E-state index in [1.165, 1.54) is 0 Å². The molecule has 1 N–H and O–H groups in total. The van der Waals surface area contributed by atoms with Gasteiger partial charge in [0.05, 0.1) is 5.75 Å². The first-order valence-corrected chi connectivity index (χ1v) is 8.27. The van der Waals surface area contributed by atoms with E-state index in [1.807, 2.05) is 17.5 Å². The van der Waals surface area contributed by atoms with Gasteiger partial charge >= 0.3 is 0 Å². The first-order valence-electron chi connectivity index (χ1n) is 5.78. The number of nitrogens with one attached hydrogen (secondary N) is 1. The maximum atomic E-state index is 12.1. The zero-order chi connectivity index (χ0) is 12.3. The first kappa shape index (κ1) is 13.0. The van der Waals surface area contributed by atoms with Crippen LogP contribution in [-0.4, -0.2) is 44.7 Å². The molecule has 0 aliphatic carbocycles. The summed E-state index contributed by atoms with van der Waals surface area (Å²) >= 11 is 1.61. The van der Waals surface area contributed by atoms with E-state index in [9.17, 15) is 8.42 Å². The van der Waals surface area contributed by atoms with Crippen LogP contribution in [0.15, 0.2) is 17.5 Å². The second-order valence-electron chi connectivity index (χ2n) is 4.31. The highest BCUT2D eigenvalue weighted by Gasteiger charge is 2.28. The van der Waals surface area contributed by atoms with Crippen molar-refractivity contribution in [3.8, 4) is 0 Å². The van der Waals surface area contributed by atoms with Crippen molar-refractivity contribution >= 4 is 21.4 Å². The summed E-state index contributed by atoms with van der Waals surface area (Å²) in [6, 6.07) is 4.07. The molecule has 1 unspecified atom stereocenters. The van der Waals surface area contributed by atoms with Crippen molar-refractivity contribution in [2.45, 2.75) is 18.9 Å². The Morgan fingerprint density at radius 3 is 3.00 bits per heavy atom. The van der Waals surface area contributed by atoms with E-state index in [0.717, 1.165) is 24.4 Å². The Labute approximate surface area is 107 Å². The molecule has 4 nitrogen and oxygen atoms in total. The van der Waals surface area contributed by atoms with Gasteiger partial charge in [0.1, 0.15) is 0 Å². The van der Waals surface area contributed by atoms with Gasteiger partial charge < -0.3 is 5.32 Å². The van der Waals surface area contributed by atoms with Crippen molar-refractivity contribution in [2.24, 2.45) is 0 Å². The van der Waals surface area contributed by atoms with Crippen molar-refractivity contribution in [2.75, 3.05) is 25.9 Å². The molecule has 2 heterocycles. The largest absolute Gasteiger partial charge is 0.315 e. The first-order chi connectivity index (χ1) is 8.09. The maximum Gasteiger partial charge on any atom is 0.214 e. The van der Waals surface area contributed by atoms with Crippen LogP contribution < -0.4 is 5.32 Å². The van der Waals surface area contributed by atoms with Crippen molar-refractivity contribution < 1.29 is 8.42 Å². The summed E-state index contributed by atoms with van der Waals surface area (Å²) in [5, 5.41) is 5.17. The fourth-order valence-electron chi connectivity index (χ4n) is 2.01. The van der Waals surface area contributed by atoms with Crippen LogP contribution in [0.3, 0.4) is 0 Å². The van der Waals surface area contributed by atoms with Crippen LogP contribution in [-0.2, 0) is 16.4 Å². The molecule has 2 rings (SSSR count). The third-order valence-electron chi connectivity index (χ3n) is 3.17. The van der Waals surface area contributed by atoms with Crippen molar-refractivity contribution in [3.05, 3.63) is 22.4 Å². The number of likely N-dealkylation sites (N-methyl/N-ethyl adjacent to an activating group) is 1. The summed E-state index contributed by atoms with van der Waals surface area (Å²) in [4.78, 5) is 1.13. The molecule has 0 saturated carbocycles. The number of aryl methyl sites for hydroxylation is 1. The third kappa shape index (κ3) is 3.28. The lowest BCUT2D eigenvalue weighted by atomic mass is 10.3. The topological polar surface area (TPSA) is 49.4 Å². The average molecular weight is 274 g/mol. The average Bonchev–Trinajstić information content (AvgIpc) is 2.98.